The summed E-state index contributed by atoms with van der Waals surface area (Å²) in [6.45, 7) is 0. The maximum absolute atomic E-state index is 10.7. The fourth-order valence-corrected chi connectivity index (χ4v) is 2.69. The summed E-state index contributed by atoms with van der Waals surface area (Å²) in [6, 6.07) is 8.56. The van der Waals surface area contributed by atoms with Crippen molar-refractivity contribution < 1.29 is 14.0 Å². The van der Waals surface area contributed by atoms with Gasteiger partial charge in [-0.3, -0.25) is 0 Å². The average Bonchev–Trinajstić information content (AvgIpc) is 2.40. The molecule has 1 N–H and O–H groups in total. The van der Waals surface area contributed by atoms with Crippen LogP contribution in [-0.2, 0) is 0 Å². The van der Waals surface area contributed by atoms with E-state index in [4.69, 9.17) is 8.85 Å². The Morgan fingerprint density at radius 2 is 2.00 bits per heavy atom. The van der Waals surface area contributed by atoms with Gasteiger partial charge >= 0.3 is 0 Å². The first-order valence-electron chi connectivity index (χ1n) is 7.75. The summed E-state index contributed by atoms with van der Waals surface area (Å²) in [6.07, 6.45) is 4.19. The number of nitriles is 1. The molecule has 3 nitrogen and oxygen atoms in total. The van der Waals surface area contributed by atoms with Crippen molar-refractivity contribution in [1.82, 2.24) is 0 Å². The van der Waals surface area contributed by atoms with Gasteiger partial charge < -0.3 is 9.84 Å². The minimum Gasteiger partial charge on any atom is -0.497 e. The van der Waals surface area contributed by atoms with Gasteiger partial charge in [0.1, 0.15) is 5.75 Å². The van der Waals surface area contributed by atoms with Crippen molar-refractivity contribution in [3.05, 3.63) is 29.8 Å². The van der Waals surface area contributed by atoms with Gasteiger partial charge in [0.15, 0.2) is 0 Å². The Morgan fingerprint density at radius 3 is 2.56 bits per heavy atom. The number of hydrogen-bond donors (Lipinski definition) is 1. The first kappa shape index (κ1) is 9.41. The summed E-state index contributed by atoms with van der Waals surface area (Å²) in [7, 11) is -2.49. The molecule has 1 aromatic carbocycles. The predicted octanol–water partition coefficient (Wildman–Crippen LogP) is 3.00. The molecule has 0 bridgehead atoms. The fourth-order valence-electron chi connectivity index (χ4n) is 2.69. The minimum atomic E-state index is -2.49. The van der Waals surface area contributed by atoms with Crippen LogP contribution in [0.4, 0.5) is 0 Å². The predicted molar refractivity (Wildman–Crippen MR) is 69.4 cm³/mol. The Labute approximate surface area is 112 Å². The van der Waals surface area contributed by atoms with Crippen molar-refractivity contribution >= 4 is 0 Å². The molecule has 1 aliphatic carbocycles. The highest BCUT2D eigenvalue weighted by molar-refractivity contribution is 5.34. The lowest BCUT2D eigenvalue weighted by molar-refractivity contribution is -0.00714. The number of hydrogen-bond acceptors (Lipinski definition) is 3. The van der Waals surface area contributed by atoms with E-state index in [9.17, 15) is 10.4 Å². The van der Waals surface area contributed by atoms with E-state index < -0.39 is 18.6 Å². The third-order valence-corrected chi connectivity index (χ3v) is 3.72. The van der Waals surface area contributed by atoms with Gasteiger partial charge in [-0.2, -0.15) is 5.26 Å². The third kappa shape index (κ3) is 2.49. The summed E-state index contributed by atoms with van der Waals surface area (Å²) < 4.78 is 26.0. The van der Waals surface area contributed by atoms with Crippen LogP contribution >= 0.6 is 0 Å². The Kier molecular flexibility index (Phi) is 2.83. The second kappa shape index (κ2) is 5.41. The Morgan fingerprint density at radius 1 is 1.33 bits per heavy atom. The third-order valence-electron chi connectivity index (χ3n) is 3.72. The lowest BCUT2D eigenvalue weighted by atomic mass is 9.73. The molecule has 0 aliphatic heterocycles. The van der Waals surface area contributed by atoms with E-state index in [1.807, 2.05) is 0 Å². The van der Waals surface area contributed by atoms with Gasteiger partial charge in [-0.15, -0.1) is 0 Å². The van der Waals surface area contributed by atoms with Crippen LogP contribution in [0.1, 0.15) is 47.7 Å². The minimum absolute atomic E-state index is 0.228. The van der Waals surface area contributed by atoms with Gasteiger partial charge in [-0.05, 0) is 30.5 Å². The Hall–Kier alpha value is -1.53. The monoisotopic (exact) mass is 248 g/mol. The average molecular weight is 248 g/mol. The quantitative estimate of drug-likeness (QED) is 0.894. The smallest absolute Gasteiger partial charge is 0.118 e. The number of benzene rings is 1. The molecule has 2 rings (SSSR count). The normalized spacial score (nSPS) is 23.0. The highest BCUT2D eigenvalue weighted by Crippen LogP contribution is 2.39. The van der Waals surface area contributed by atoms with Crippen LogP contribution in [0.2, 0.25) is 0 Å². The van der Waals surface area contributed by atoms with Crippen LogP contribution in [0, 0.1) is 11.3 Å². The van der Waals surface area contributed by atoms with Crippen LogP contribution in [0.3, 0.4) is 0 Å². The summed E-state index contributed by atoms with van der Waals surface area (Å²) in [5.74, 6) is -0.370. The molecular formula is C15H19NO2. The molecule has 0 spiro atoms. The first-order chi connectivity index (χ1) is 9.84. The van der Waals surface area contributed by atoms with Crippen LogP contribution in [0.5, 0.6) is 5.75 Å². The number of nitrogens with zero attached hydrogens (tertiary/aromatic N) is 1. The number of ether oxygens (including phenoxy) is 1. The SMILES string of the molecule is [2H]C([2H])([2H])Oc1ccc(C(C#N)C2(O)CCCCC2)cc1. The lowest BCUT2D eigenvalue weighted by Crippen LogP contribution is -2.37. The molecule has 0 radical (unpaired) electrons. The van der Waals surface area contributed by atoms with Gasteiger partial charge in [0.05, 0.1) is 28.7 Å². The number of rotatable bonds is 3. The Balaban J connectivity index is 2.18. The summed E-state index contributed by atoms with van der Waals surface area (Å²) in [5, 5.41) is 20.1. The Bertz CT molecular complexity index is 513. The lowest BCUT2D eigenvalue weighted by Gasteiger charge is -2.36. The van der Waals surface area contributed by atoms with Crippen molar-refractivity contribution in [2.75, 3.05) is 7.04 Å². The highest BCUT2D eigenvalue weighted by Gasteiger charge is 2.38. The zero-order chi connectivity index (χ0) is 15.5. The number of aliphatic hydroxyl groups is 1. The second-order valence-electron chi connectivity index (χ2n) is 4.90. The molecule has 3 heteroatoms. The molecular weight excluding hydrogens is 226 g/mol. The van der Waals surface area contributed by atoms with Crippen LogP contribution in [0.25, 0.3) is 0 Å². The molecule has 1 aromatic rings. The van der Waals surface area contributed by atoms with E-state index in [-0.39, 0.29) is 5.75 Å². The second-order valence-corrected chi connectivity index (χ2v) is 4.90. The summed E-state index contributed by atoms with van der Waals surface area (Å²) in [4.78, 5) is 0. The topological polar surface area (TPSA) is 53.2 Å². The fraction of sp³-hybridized carbons (Fsp3) is 0.533. The zero-order valence-electron chi connectivity index (χ0n) is 13.2. The maximum Gasteiger partial charge on any atom is 0.118 e. The van der Waals surface area contributed by atoms with E-state index in [2.05, 4.69) is 6.07 Å². The molecule has 1 unspecified atom stereocenters. The van der Waals surface area contributed by atoms with Gasteiger partial charge in [0, 0.05) is 0 Å². The molecule has 0 heterocycles. The molecule has 18 heavy (non-hydrogen) atoms. The van der Waals surface area contributed by atoms with Crippen LogP contribution < -0.4 is 4.74 Å². The van der Waals surface area contributed by atoms with Gasteiger partial charge in [-0.25, -0.2) is 0 Å². The molecule has 0 amide bonds. The van der Waals surface area contributed by atoms with Crippen molar-refractivity contribution in [2.45, 2.75) is 43.6 Å². The zero-order valence-corrected chi connectivity index (χ0v) is 10.2. The molecule has 0 aromatic heterocycles. The van der Waals surface area contributed by atoms with E-state index in [0.717, 1.165) is 19.3 Å². The molecule has 1 aliphatic rings. The van der Waals surface area contributed by atoms with E-state index in [0.29, 0.717) is 18.4 Å². The van der Waals surface area contributed by atoms with E-state index in [1.54, 1.807) is 12.1 Å². The highest BCUT2D eigenvalue weighted by atomic mass is 16.5. The molecule has 1 saturated carbocycles. The standard InChI is InChI=1S/C15H19NO2/c1-18-13-7-5-12(6-8-13)14(11-16)15(17)9-3-2-4-10-15/h5-8,14,17H,2-4,9-10H2,1H3/i1D3. The first-order valence-corrected chi connectivity index (χ1v) is 6.25. The van der Waals surface area contributed by atoms with Gasteiger partial charge in [0.25, 0.3) is 0 Å². The largest absolute Gasteiger partial charge is 0.497 e. The van der Waals surface area contributed by atoms with E-state index >= 15 is 0 Å². The van der Waals surface area contributed by atoms with Crippen molar-refractivity contribution in [1.29, 1.82) is 5.26 Å². The van der Waals surface area contributed by atoms with Crippen LogP contribution in [-0.4, -0.2) is 17.7 Å². The maximum atomic E-state index is 10.7. The van der Waals surface area contributed by atoms with Crippen LogP contribution in [0.15, 0.2) is 24.3 Å². The molecule has 96 valence electrons. The molecule has 1 fully saturated rings. The van der Waals surface area contributed by atoms with Crippen molar-refractivity contribution in [2.24, 2.45) is 0 Å². The van der Waals surface area contributed by atoms with Crippen molar-refractivity contribution in [3.63, 3.8) is 0 Å². The summed E-state index contributed by atoms with van der Waals surface area (Å²) >= 11 is 0. The van der Waals surface area contributed by atoms with Gasteiger partial charge in [-0.1, -0.05) is 31.4 Å². The van der Waals surface area contributed by atoms with Gasteiger partial charge in [0.2, 0.25) is 0 Å². The number of methoxy groups -OCH3 is 1. The molecule has 0 saturated heterocycles. The van der Waals surface area contributed by atoms with Crippen molar-refractivity contribution in [3.8, 4) is 11.8 Å². The summed E-state index contributed by atoms with van der Waals surface area (Å²) in [5.41, 5.74) is -0.292. The molecule has 1 atom stereocenters. The van der Waals surface area contributed by atoms with E-state index in [1.165, 1.54) is 12.1 Å².